The van der Waals surface area contributed by atoms with Gasteiger partial charge in [0.1, 0.15) is 10.9 Å². The van der Waals surface area contributed by atoms with Crippen LogP contribution in [0.5, 0.6) is 0 Å². The van der Waals surface area contributed by atoms with E-state index < -0.39 is 12.5 Å². The molecule has 1 heterocycles. The van der Waals surface area contributed by atoms with E-state index in [4.69, 9.17) is 28.9 Å². The fourth-order valence-corrected chi connectivity index (χ4v) is 3.32. The van der Waals surface area contributed by atoms with Gasteiger partial charge < -0.3 is 5.11 Å². The largest absolute Gasteiger partial charge is 0.480 e. The van der Waals surface area contributed by atoms with Crippen LogP contribution in [0.15, 0.2) is 23.1 Å². The molecule has 0 aromatic heterocycles. The van der Waals surface area contributed by atoms with Crippen molar-refractivity contribution in [2.24, 2.45) is 0 Å². The molecule has 0 unspecified atom stereocenters. The smallest absolute Gasteiger partial charge is 0.323 e. The molecule has 1 fully saturated rings. The van der Waals surface area contributed by atoms with E-state index in [-0.39, 0.29) is 10.2 Å². The number of carboxylic acid groups (broad SMARTS) is 1. The Kier molecular flexibility index (Phi) is 4.47. The zero-order chi connectivity index (χ0) is 14.9. The summed E-state index contributed by atoms with van der Waals surface area (Å²) in [5, 5.41) is 9.34. The van der Waals surface area contributed by atoms with Crippen molar-refractivity contribution in [3.63, 3.8) is 0 Å². The van der Waals surface area contributed by atoms with Gasteiger partial charge in [0, 0.05) is 5.02 Å². The molecule has 1 aliphatic rings. The lowest BCUT2D eigenvalue weighted by Crippen LogP contribution is -2.33. The highest BCUT2D eigenvalue weighted by Gasteiger charge is 2.33. The molecule has 1 aliphatic heterocycles. The van der Waals surface area contributed by atoms with Gasteiger partial charge in [0.2, 0.25) is 0 Å². The third kappa shape index (κ3) is 3.39. The van der Waals surface area contributed by atoms with Crippen LogP contribution in [-0.4, -0.2) is 32.7 Å². The second kappa shape index (κ2) is 5.95. The van der Waals surface area contributed by atoms with Crippen molar-refractivity contribution in [3.05, 3.63) is 39.3 Å². The summed E-state index contributed by atoms with van der Waals surface area (Å²) in [5.74, 6) is -1.49. The minimum absolute atomic E-state index is 0.252. The molecule has 0 bridgehead atoms. The average molecular weight is 328 g/mol. The Bertz CT molecular complexity index is 622. The Balaban J connectivity index is 2.29. The molecule has 0 atom stereocenters. The maximum atomic E-state index is 12.1. The molecule has 1 N–H and O–H groups in total. The quantitative estimate of drug-likeness (QED) is 0.683. The van der Waals surface area contributed by atoms with Crippen LogP contribution in [0.3, 0.4) is 0 Å². The number of thiocarbonyl (C=S) groups is 1. The summed E-state index contributed by atoms with van der Waals surface area (Å²) in [6, 6.07) is 5.43. The van der Waals surface area contributed by atoms with Gasteiger partial charge in [0.05, 0.1) is 4.91 Å². The maximum absolute atomic E-state index is 12.1. The van der Waals surface area contributed by atoms with Crippen LogP contribution in [0.2, 0.25) is 5.02 Å². The Morgan fingerprint density at radius 1 is 1.50 bits per heavy atom. The van der Waals surface area contributed by atoms with Crippen molar-refractivity contribution in [1.82, 2.24) is 4.90 Å². The number of carbonyl (C=O) groups excluding carboxylic acids is 1. The Morgan fingerprint density at radius 2 is 2.20 bits per heavy atom. The SMILES string of the molecule is Cc1cc(Cl)cc(/C=C2\SC(=S)N(CC(=O)O)C2=O)c1. The minimum atomic E-state index is -1.10. The molecule has 0 spiro atoms. The molecule has 20 heavy (non-hydrogen) atoms. The number of carbonyl (C=O) groups is 2. The highest BCUT2D eigenvalue weighted by Crippen LogP contribution is 2.32. The molecular weight excluding hydrogens is 318 g/mol. The summed E-state index contributed by atoms with van der Waals surface area (Å²) in [6.45, 7) is 1.48. The fraction of sp³-hybridized carbons (Fsp3) is 0.154. The Morgan fingerprint density at radius 3 is 2.80 bits per heavy atom. The number of aliphatic carboxylic acids is 1. The Hall–Kier alpha value is -1.37. The number of rotatable bonds is 3. The molecular formula is C13H10ClNO3S2. The molecule has 0 saturated carbocycles. The van der Waals surface area contributed by atoms with Crippen LogP contribution < -0.4 is 0 Å². The summed E-state index contributed by atoms with van der Waals surface area (Å²) >= 11 is 12.1. The standard InChI is InChI=1S/C13H10ClNO3S2/c1-7-2-8(4-9(14)3-7)5-10-12(18)15(6-11(16)17)13(19)20-10/h2-5H,6H2,1H3,(H,16,17)/b10-5-. The minimum Gasteiger partial charge on any atom is -0.480 e. The normalized spacial score (nSPS) is 17.1. The lowest BCUT2D eigenvalue weighted by Gasteiger charge is -2.10. The number of amides is 1. The summed E-state index contributed by atoms with van der Waals surface area (Å²) in [5.41, 5.74) is 1.76. The topological polar surface area (TPSA) is 57.6 Å². The van der Waals surface area contributed by atoms with Crippen LogP contribution >= 0.6 is 35.6 Å². The molecule has 4 nitrogen and oxygen atoms in total. The number of aryl methyl sites for hydroxylation is 1. The molecule has 1 aromatic carbocycles. The van der Waals surface area contributed by atoms with Gasteiger partial charge in [0.25, 0.3) is 5.91 Å². The maximum Gasteiger partial charge on any atom is 0.323 e. The molecule has 1 aromatic rings. The van der Waals surface area contributed by atoms with E-state index in [0.29, 0.717) is 9.93 Å². The molecule has 7 heteroatoms. The van der Waals surface area contributed by atoms with Crippen molar-refractivity contribution in [1.29, 1.82) is 0 Å². The zero-order valence-electron chi connectivity index (χ0n) is 10.4. The van der Waals surface area contributed by atoms with Crippen LogP contribution in [-0.2, 0) is 9.59 Å². The molecule has 0 radical (unpaired) electrons. The monoisotopic (exact) mass is 327 g/mol. The highest BCUT2D eigenvalue weighted by molar-refractivity contribution is 8.26. The summed E-state index contributed by atoms with van der Waals surface area (Å²) < 4.78 is 0.252. The van der Waals surface area contributed by atoms with E-state index in [2.05, 4.69) is 0 Å². The van der Waals surface area contributed by atoms with Gasteiger partial charge in [-0.15, -0.1) is 0 Å². The first-order chi connectivity index (χ1) is 9.36. The number of carboxylic acids is 1. The summed E-state index contributed by atoms with van der Waals surface area (Å²) in [4.78, 5) is 24.3. The van der Waals surface area contributed by atoms with Gasteiger partial charge in [-0.3, -0.25) is 14.5 Å². The predicted molar refractivity (Wildman–Crippen MR) is 83.7 cm³/mol. The van der Waals surface area contributed by atoms with E-state index in [1.807, 2.05) is 19.1 Å². The number of halogens is 1. The Labute approximate surface area is 130 Å². The van der Waals surface area contributed by atoms with Gasteiger partial charge >= 0.3 is 5.97 Å². The molecule has 1 amide bonds. The second-order valence-corrected chi connectivity index (χ2v) is 6.34. The van der Waals surface area contributed by atoms with Crippen LogP contribution in [0.4, 0.5) is 0 Å². The highest BCUT2D eigenvalue weighted by atomic mass is 35.5. The van der Waals surface area contributed by atoms with E-state index in [9.17, 15) is 9.59 Å². The van der Waals surface area contributed by atoms with Crippen molar-refractivity contribution >= 4 is 57.9 Å². The summed E-state index contributed by atoms with van der Waals surface area (Å²) in [6.07, 6.45) is 1.67. The summed E-state index contributed by atoms with van der Waals surface area (Å²) in [7, 11) is 0. The predicted octanol–water partition coefficient (Wildman–Crippen LogP) is 2.93. The molecule has 1 saturated heterocycles. The number of benzene rings is 1. The van der Waals surface area contributed by atoms with Crippen LogP contribution in [0, 0.1) is 6.92 Å². The average Bonchev–Trinajstić information content (AvgIpc) is 2.55. The third-order valence-corrected chi connectivity index (χ3v) is 4.13. The first-order valence-corrected chi connectivity index (χ1v) is 7.21. The van der Waals surface area contributed by atoms with E-state index >= 15 is 0 Å². The van der Waals surface area contributed by atoms with Crippen molar-refractivity contribution in [2.75, 3.05) is 6.54 Å². The van der Waals surface area contributed by atoms with Crippen LogP contribution in [0.1, 0.15) is 11.1 Å². The van der Waals surface area contributed by atoms with Gasteiger partial charge in [-0.1, -0.05) is 41.6 Å². The molecule has 2 rings (SSSR count). The van der Waals surface area contributed by atoms with E-state index in [0.717, 1.165) is 27.8 Å². The molecule has 0 aliphatic carbocycles. The number of hydrogen-bond donors (Lipinski definition) is 1. The zero-order valence-corrected chi connectivity index (χ0v) is 12.8. The van der Waals surface area contributed by atoms with Crippen molar-refractivity contribution < 1.29 is 14.7 Å². The van der Waals surface area contributed by atoms with E-state index in [1.54, 1.807) is 12.1 Å². The number of hydrogen-bond acceptors (Lipinski definition) is 4. The van der Waals surface area contributed by atoms with Gasteiger partial charge in [0.15, 0.2) is 0 Å². The first-order valence-electron chi connectivity index (χ1n) is 5.61. The van der Waals surface area contributed by atoms with E-state index in [1.165, 1.54) is 0 Å². The van der Waals surface area contributed by atoms with Gasteiger partial charge in [-0.25, -0.2) is 0 Å². The lowest BCUT2D eigenvalue weighted by atomic mass is 10.1. The van der Waals surface area contributed by atoms with Crippen LogP contribution in [0.25, 0.3) is 6.08 Å². The fourth-order valence-electron chi connectivity index (χ4n) is 1.77. The lowest BCUT2D eigenvalue weighted by molar-refractivity contribution is -0.140. The van der Waals surface area contributed by atoms with Crippen molar-refractivity contribution in [3.8, 4) is 0 Å². The second-order valence-electron chi connectivity index (χ2n) is 4.22. The van der Waals surface area contributed by atoms with Gasteiger partial charge in [-0.05, 0) is 36.3 Å². The first kappa shape index (κ1) is 15.0. The third-order valence-electron chi connectivity index (χ3n) is 2.53. The van der Waals surface area contributed by atoms with Gasteiger partial charge in [-0.2, -0.15) is 0 Å². The molecule has 104 valence electrons. The number of nitrogens with zero attached hydrogens (tertiary/aromatic N) is 1. The van der Waals surface area contributed by atoms with Crippen molar-refractivity contribution in [2.45, 2.75) is 6.92 Å². The number of thioether (sulfide) groups is 1.